The Balaban J connectivity index is 0. The molecule has 0 heterocycles. The van der Waals surface area contributed by atoms with Gasteiger partial charge in [-0.05, 0) is 0 Å². The third-order valence-corrected chi connectivity index (χ3v) is 1.20. The Bertz CT molecular complexity index is 77.4. The van der Waals surface area contributed by atoms with Crippen molar-refractivity contribution in [2.45, 2.75) is 46.0 Å². The van der Waals surface area contributed by atoms with Crippen LogP contribution in [-0.4, -0.2) is 6.61 Å². The second kappa shape index (κ2) is 16.3. The molecule has 0 aliphatic heterocycles. The van der Waals surface area contributed by atoms with Crippen LogP contribution in [0.15, 0.2) is 0 Å². The van der Waals surface area contributed by atoms with Crippen LogP contribution in [0.5, 0.6) is 0 Å². The molecule has 0 aromatic heterocycles. The number of hydrogen-bond donors (Lipinski definition) is 0. The Labute approximate surface area is 70.8 Å². The van der Waals surface area contributed by atoms with Crippen LogP contribution < -0.4 is 0 Å². The number of rotatable bonds is 4. The van der Waals surface area contributed by atoms with Crippen LogP contribution in [0.3, 0.4) is 0 Å². The Morgan fingerprint density at radius 1 is 1.18 bits per heavy atom. The first-order valence-corrected chi connectivity index (χ1v) is 4.35. The smallest absolute Gasteiger partial charge is 0.0931 e. The second-order valence-corrected chi connectivity index (χ2v) is 2.37. The lowest BCUT2D eigenvalue weighted by Gasteiger charge is -1.86. The molecule has 0 aliphatic rings. The summed E-state index contributed by atoms with van der Waals surface area (Å²) in [5.74, 6) is 2.20. The monoisotopic (exact) mass is 155 g/mol. The molecule has 0 rings (SSSR count). The molecular formula is C10H19O. The quantitative estimate of drug-likeness (QED) is 0.439. The van der Waals surface area contributed by atoms with Gasteiger partial charge in [-0.1, -0.05) is 39.5 Å². The maximum atomic E-state index is 9.39. The van der Waals surface area contributed by atoms with Crippen LogP contribution in [0.25, 0.3) is 0 Å². The summed E-state index contributed by atoms with van der Waals surface area (Å²) < 4.78 is 0. The summed E-state index contributed by atoms with van der Waals surface area (Å²) in [7, 11) is 0. The van der Waals surface area contributed by atoms with Crippen molar-refractivity contribution >= 4 is 0 Å². The summed E-state index contributed by atoms with van der Waals surface area (Å²) in [5, 5.41) is 9.39. The van der Waals surface area contributed by atoms with E-state index < -0.39 is 0 Å². The molecule has 0 bridgehead atoms. The van der Waals surface area contributed by atoms with Crippen LogP contribution in [0, 0.1) is 12.3 Å². The van der Waals surface area contributed by atoms with E-state index in [4.69, 9.17) is 0 Å². The molecule has 11 heavy (non-hydrogen) atoms. The summed E-state index contributed by atoms with van der Waals surface area (Å²) >= 11 is 0. The molecule has 0 aromatic rings. The van der Waals surface area contributed by atoms with Crippen molar-refractivity contribution in [3.05, 3.63) is 0 Å². The van der Waals surface area contributed by atoms with E-state index in [0.717, 1.165) is 0 Å². The topological polar surface area (TPSA) is 19.9 Å². The molecular weight excluding hydrogens is 136 g/mol. The van der Waals surface area contributed by atoms with Gasteiger partial charge in [-0.25, -0.2) is 5.11 Å². The SMILES string of the molecule is C#CCC[O].CCCCCC. The Hall–Kier alpha value is -0.480. The van der Waals surface area contributed by atoms with Gasteiger partial charge in [0.15, 0.2) is 0 Å². The molecule has 1 heteroatoms. The summed E-state index contributed by atoms with van der Waals surface area (Å²) in [6.07, 6.45) is 10.6. The van der Waals surface area contributed by atoms with Crippen molar-refractivity contribution in [3.8, 4) is 12.3 Å². The van der Waals surface area contributed by atoms with E-state index in [-0.39, 0.29) is 6.61 Å². The predicted molar refractivity (Wildman–Crippen MR) is 48.8 cm³/mol. The highest BCUT2D eigenvalue weighted by Gasteiger charge is 1.75. The van der Waals surface area contributed by atoms with Gasteiger partial charge in [-0.2, -0.15) is 0 Å². The lowest BCUT2D eigenvalue weighted by molar-refractivity contribution is 0.201. The van der Waals surface area contributed by atoms with Gasteiger partial charge in [0.25, 0.3) is 0 Å². The third-order valence-electron chi connectivity index (χ3n) is 1.20. The van der Waals surface area contributed by atoms with Crippen LogP contribution in [0.2, 0.25) is 0 Å². The van der Waals surface area contributed by atoms with Gasteiger partial charge in [-0.3, -0.25) is 0 Å². The zero-order valence-electron chi connectivity index (χ0n) is 7.73. The largest absolute Gasteiger partial charge is 0.236 e. The fraction of sp³-hybridized carbons (Fsp3) is 0.800. The van der Waals surface area contributed by atoms with Crippen LogP contribution in [0.4, 0.5) is 0 Å². The van der Waals surface area contributed by atoms with Crippen LogP contribution >= 0.6 is 0 Å². The predicted octanol–water partition coefficient (Wildman–Crippen LogP) is 3.03. The molecule has 0 atom stereocenters. The number of hydrogen-bond acceptors (Lipinski definition) is 0. The lowest BCUT2D eigenvalue weighted by atomic mass is 10.2. The van der Waals surface area contributed by atoms with Crippen molar-refractivity contribution in [1.82, 2.24) is 0 Å². The zero-order valence-corrected chi connectivity index (χ0v) is 7.73. The maximum Gasteiger partial charge on any atom is 0.0931 e. The molecule has 0 fully saturated rings. The fourth-order valence-electron chi connectivity index (χ4n) is 0.559. The average Bonchev–Trinajstić information content (AvgIpc) is 2.04. The van der Waals surface area contributed by atoms with Crippen molar-refractivity contribution in [3.63, 3.8) is 0 Å². The van der Waals surface area contributed by atoms with Gasteiger partial charge >= 0.3 is 0 Å². The molecule has 0 N–H and O–H groups in total. The van der Waals surface area contributed by atoms with Gasteiger partial charge < -0.3 is 0 Å². The molecule has 1 radical (unpaired) electrons. The van der Waals surface area contributed by atoms with E-state index in [1.165, 1.54) is 25.7 Å². The standard InChI is InChI=1S/C6H14.C4H5O/c1-3-5-6-4-2;1-2-3-4-5/h3-6H2,1-2H3;1H,3-4H2. The summed E-state index contributed by atoms with van der Waals surface area (Å²) in [6.45, 7) is 4.32. The molecule has 0 spiro atoms. The van der Waals surface area contributed by atoms with Crippen LogP contribution in [-0.2, 0) is 5.11 Å². The molecule has 0 aliphatic carbocycles. The fourth-order valence-corrected chi connectivity index (χ4v) is 0.559. The molecule has 0 saturated heterocycles. The van der Waals surface area contributed by atoms with E-state index in [2.05, 4.69) is 26.2 Å². The minimum atomic E-state index is -0.142. The Morgan fingerprint density at radius 3 is 1.73 bits per heavy atom. The first-order chi connectivity index (χ1) is 5.33. The highest BCUT2D eigenvalue weighted by Crippen LogP contribution is 1.95. The van der Waals surface area contributed by atoms with Crippen molar-refractivity contribution < 1.29 is 5.11 Å². The minimum absolute atomic E-state index is 0.142. The Kier molecular flexibility index (Phi) is 19.4. The van der Waals surface area contributed by atoms with Crippen LogP contribution in [0.1, 0.15) is 46.0 Å². The van der Waals surface area contributed by atoms with Crippen molar-refractivity contribution in [1.29, 1.82) is 0 Å². The average molecular weight is 155 g/mol. The van der Waals surface area contributed by atoms with Gasteiger partial charge in [0.2, 0.25) is 0 Å². The second-order valence-electron chi connectivity index (χ2n) is 2.37. The normalized spacial score (nSPS) is 7.82. The molecule has 1 nitrogen and oxygen atoms in total. The summed E-state index contributed by atoms with van der Waals surface area (Å²) in [6, 6.07) is 0. The van der Waals surface area contributed by atoms with E-state index >= 15 is 0 Å². The third kappa shape index (κ3) is 26.4. The van der Waals surface area contributed by atoms with E-state index in [9.17, 15) is 5.11 Å². The van der Waals surface area contributed by atoms with E-state index in [1.54, 1.807) is 0 Å². The van der Waals surface area contributed by atoms with Gasteiger partial charge in [0, 0.05) is 6.42 Å². The number of terminal acetylenes is 1. The van der Waals surface area contributed by atoms with Crippen molar-refractivity contribution in [2.24, 2.45) is 0 Å². The molecule has 0 unspecified atom stereocenters. The van der Waals surface area contributed by atoms with Gasteiger partial charge in [-0.15, -0.1) is 12.3 Å². The number of unbranched alkanes of at least 4 members (excludes halogenated alkanes) is 3. The minimum Gasteiger partial charge on any atom is -0.236 e. The van der Waals surface area contributed by atoms with Gasteiger partial charge in [0.1, 0.15) is 0 Å². The first kappa shape index (κ1) is 13.1. The molecule has 0 saturated carbocycles. The molecule has 0 amide bonds. The van der Waals surface area contributed by atoms with E-state index in [0.29, 0.717) is 6.42 Å². The summed E-state index contributed by atoms with van der Waals surface area (Å²) in [5.41, 5.74) is 0. The zero-order chi connectivity index (χ0) is 8.95. The summed E-state index contributed by atoms with van der Waals surface area (Å²) in [4.78, 5) is 0. The highest BCUT2D eigenvalue weighted by atomic mass is 16.2. The van der Waals surface area contributed by atoms with E-state index in [1.807, 2.05) is 0 Å². The van der Waals surface area contributed by atoms with Gasteiger partial charge in [0.05, 0.1) is 6.61 Å². The molecule has 65 valence electrons. The first-order valence-electron chi connectivity index (χ1n) is 4.35. The van der Waals surface area contributed by atoms with Crippen molar-refractivity contribution in [2.75, 3.05) is 6.61 Å². The lowest BCUT2D eigenvalue weighted by Crippen LogP contribution is -1.69. The molecule has 0 aromatic carbocycles. The highest BCUT2D eigenvalue weighted by molar-refractivity contribution is 4.82. The Morgan fingerprint density at radius 2 is 1.64 bits per heavy atom. The maximum absolute atomic E-state index is 9.39.